The number of carbonyl (C=O) groups excluding carboxylic acids is 1. The van der Waals surface area contributed by atoms with E-state index >= 15 is 0 Å². The highest BCUT2D eigenvalue weighted by Crippen LogP contribution is 2.26. The van der Waals surface area contributed by atoms with Crippen LogP contribution in [-0.2, 0) is 4.74 Å². The second-order valence-electron chi connectivity index (χ2n) is 7.56. The van der Waals surface area contributed by atoms with E-state index in [4.69, 9.17) is 10.5 Å². The van der Waals surface area contributed by atoms with Crippen molar-refractivity contribution in [2.24, 2.45) is 5.73 Å². The van der Waals surface area contributed by atoms with Gasteiger partial charge in [-0.05, 0) is 58.3 Å². The molecule has 27 heavy (non-hydrogen) atoms. The Labute approximate surface area is 160 Å². The number of hydrogen-bond donors (Lipinski definition) is 4. The summed E-state index contributed by atoms with van der Waals surface area (Å²) < 4.78 is 5.69. The predicted octanol–water partition coefficient (Wildman–Crippen LogP) is 2.05. The first-order chi connectivity index (χ1) is 13.0. The fraction of sp³-hybridized carbons (Fsp3) is 0.737. The molecule has 2 aliphatic rings. The van der Waals surface area contributed by atoms with Crippen LogP contribution in [0.1, 0.15) is 68.6 Å². The van der Waals surface area contributed by atoms with Crippen molar-refractivity contribution in [3.05, 3.63) is 11.8 Å². The summed E-state index contributed by atoms with van der Waals surface area (Å²) in [4.78, 5) is 20.5. The number of ether oxygens (including phenoxy) is 1. The summed E-state index contributed by atoms with van der Waals surface area (Å²) in [5.41, 5.74) is 5.76. The van der Waals surface area contributed by atoms with E-state index in [1.54, 1.807) is 0 Å². The number of nitrogens with zero attached hydrogens (tertiary/aromatic N) is 2. The molecule has 1 unspecified atom stereocenters. The Bertz CT molecular complexity index is 634. The van der Waals surface area contributed by atoms with Crippen molar-refractivity contribution in [1.82, 2.24) is 9.97 Å². The summed E-state index contributed by atoms with van der Waals surface area (Å²) in [5, 5.41) is 16.5. The van der Waals surface area contributed by atoms with Crippen LogP contribution in [0.5, 0.6) is 0 Å². The fourth-order valence-electron chi connectivity index (χ4n) is 4.02. The van der Waals surface area contributed by atoms with Crippen LogP contribution in [0.3, 0.4) is 0 Å². The topological polar surface area (TPSA) is 122 Å². The average molecular weight is 377 g/mol. The Hall–Kier alpha value is -1.93. The van der Waals surface area contributed by atoms with Gasteiger partial charge in [-0.2, -0.15) is 4.98 Å². The number of aliphatic hydroxyl groups is 1. The molecular weight excluding hydrogens is 346 g/mol. The van der Waals surface area contributed by atoms with Crippen molar-refractivity contribution in [3.8, 4) is 0 Å². The highest BCUT2D eigenvalue weighted by atomic mass is 16.5. The van der Waals surface area contributed by atoms with Crippen LogP contribution >= 0.6 is 0 Å². The first-order valence-electron chi connectivity index (χ1n) is 10.0. The Balaban J connectivity index is 1.65. The lowest BCUT2D eigenvalue weighted by Crippen LogP contribution is -2.32. The third kappa shape index (κ3) is 5.52. The molecule has 8 nitrogen and oxygen atoms in total. The van der Waals surface area contributed by atoms with Crippen LogP contribution in [-0.4, -0.2) is 51.9 Å². The Kier molecular flexibility index (Phi) is 6.84. The van der Waals surface area contributed by atoms with Gasteiger partial charge in [0.05, 0.1) is 17.8 Å². The molecule has 5 N–H and O–H groups in total. The van der Waals surface area contributed by atoms with Gasteiger partial charge in [-0.1, -0.05) is 0 Å². The van der Waals surface area contributed by atoms with Gasteiger partial charge in [0.25, 0.3) is 5.91 Å². The number of nitrogens with one attached hydrogen (secondary N) is 2. The zero-order valence-corrected chi connectivity index (χ0v) is 16.0. The zero-order valence-electron chi connectivity index (χ0n) is 16.0. The van der Waals surface area contributed by atoms with Crippen LogP contribution in [0.15, 0.2) is 6.20 Å². The van der Waals surface area contributed by atoms with Gasteiger partial charge in [-0.3, -0.25) is 4.79 Å². The molecule has 1 heterocycles. The third-order valence-electron chi connectivity index (χ3n) is 5.45. The van der Waals surface area contributed by atoms with Gasteiger partial charge in [-0.25, -0.2) is 4.98 Å². The zero-order chi connectivity index (χ0) is 19.2. The van der Waals surface area contributed by atoms with Crippen molar-refractivity contribution < 1.29 is 14.6 Å². The van der Waals surface area contributed by atoms with Gasteiger partial charge in [0.1, 0.15) is 5.82 Å². The summed E-state index contributed by atoms with van der Waals surface area (Å²) in [6.07, 6.45) is 8.92. The van der Waals surface area contributed by atoms with Gasteiger partial charge in [0, 0.05) is 24.9 Å². The molecule has 2 aliphatic carbocycles. The molecule has 2 fully saturated rings. The van der Waals surface area contributed by atoms with Gasteiger partial charge in [0.15, 0.2) is 0 Å². The predicted molar refractivity (Wildman–Crippen MR) is 104 cm³/mol. The molecule has 3 rings (SSSR count). The monoisotopic (exact) mass is 377 g/mol. The second kappa shape index (κ2) is 9.32. The maximum Gasteiger partial charge on any atom is 0.254 e. The molecule has 0 aliphatic heterocycles. The van der Waals surface area contributed by atoms with Gasteiger partial charge < -0.3 is 26.2 Å². The van der Waals surface area contributed by atoms with Gasteiger partial charge in [-0.15, -0.1) is 0 Å². The quantitative estimate of drug-likeness (QED) is 0.573. The number of aliphatic hydroxyl groups excluding tert-OH is 1. The number of hydrogen-bond acceptors (Lipinski definition) is 7. The lowest BCUT2D eigenvalue weighted by molar-refractivity contribution is 0.0346. The summed E-state index contributed by atoms with van der Waals surface area (Å²) in [6.45, 7) is 2.78. The van der Waals surface area contributed by atoms with E-state index in [2.05, 4.69) is 20.6 Å². The first-order valence-corrected chi connectivity index (χ1v) is 10.0. The maximum atomic E-state index is 11.7. The minimum Gasteiger partial charge on any atom is -0.393 e. The number of nitrogens with two attached hydrogens (primary N) is 1. The molecule has 0 spiro atoms. The minimum absolute atomic E-state index is 0.0798. The lowest BCUT2D eigenvalue weighted by atomic mass is 9.93. The summed E-state index contributed by atoms with van der Waals surface area (Å²) in [5.74, 6) is 0.387. The van der Waals surface area contributed by atoms with Crippen LogP contribution in [0.2, 0.25) is 0 Å². The molecular formula is C19H31N5O3. The molecule has 1 amide bonds. The molecule has 0 bridgehead atoms. The van der Waals surface area contributed by atoms with Crippen molar-refractivity contribution in [2.75, 3.05) is 17.2 Å². The van der Waals surface area contributed by atoms with E-state index in [0.29, 0.717) is 30.3 Å². The number of anilines is 2. The SMILES string of the molecule is CCOC1CCC(Nc2ncc(C(N)=O)c(NC3CCC[C@H](O)C3)n2)CC1. The standard InChI is InChI=1S/C19H31N5O3/c1-2-27-15-8-6-12(7-9-15)23-19-21-11-16(17(20)26)18(24-19)22-13-4-3-5-14(25)10-13/h11-15,25H,2-10H2,1H3,(H2,20,26)(H2,21,22,23,24)/t12?,13?,14-,15?/m0/s1. The average Bonchev–Trinajstić information content (AvgIpc) is 2.63. The molecule has 0 saturated heterocycles. The van der Waals surface area contributed by atoms with Crippen LogP contribution in [0.25, 0.3) is 0 Å². The Morgan fingerprint density at radius 3 is 2.67 bits per heavy atom. The van der Waals surface area contributed by atoms with Gasteiger partial charge in [0.2, 0.25) is 5.95 Å². The van der Waals surface area contributed by atoms with E-state index in [-0.39, 0.29) is 17.7 Å². The van der Waals surface area contributed by atoms with E-state index in [0.717, 1.165) is 51.6 Å². The highest BCUT2D eigenvalue weighted by Gasteiger charge is 2.24. The van der Waals surface area contributed by atoms with Crippen molar-refractivity contribution in [2.45, 2.75) is 82.6 Å². The molecule has 2 atom stereocenters. The molecule has 150 valence electrons. The summed E-state index contributed by atoms with van der Waals surface area (Å²) in [6, 6.07) is 0.377. The smallest absolute Gasteiger partial charge is 0.254 e. The number of amides is 1. The molecule has 1 aromatic heterocycles. The van der Waals surface area contributed by atoms with Crippen molar-refractivity contribution >= 4 is 17.7 Å². The number of carbonyl (C=O) groups is 1. The second-order valence-corrected chi connectivity index (χ2v) is 7.56. The lowest BCUT2D eigenvalue weighted by Gasteiger charge is -2.29. The molecule has 1 aromatic rings. The van der Waals surface area contributed by atoms with Crippen molar-refractivity contribution in [3.63, 3.8) is 0 Å². The normalized spacial score (nSPS) is 28.5. The maximum absolute atomic E-state index is 11.7. The molecule has 0 radical (unpaired) electrons. The summed E-state index contributed by atoms with van der Waals surface area (Å²) in [7, 11) is 0. The largest absolute Gasteiger partial charge is 0.393 e. The minimum atomic E-state index is -0.558. The molecule has 0 aromatic carbocycles. The van der Waals surface area contributed by atoms with E-state index in [9.17, 15) is 9.90 Å². The molecule has 2 saturated carbocycles. The summed E-state index contributed by atoms with van der Waals surface area (Å²) >= 11 is 0. The van der Waals surface area contributed by atoms with E-state index in [1.165, 1.54) is 6.20 Å². The van der Waals surface area contributed by atoms with E-state index < -0.39 is 5.91 Å². The van der Waals surface area contributed by atoms with Crippen LogP contribution in [0, 0.1) is 0 Å². The van der Waals surface area contributed by atoms with Crippen molar-refractivity contribution in [1.29, 1.82) is 0 Å². The van der Waals surface area contributed by atoms with Crippen LogP contribution < -0.4 is 16.4 Å². The number of aromatic nitrogens is 2. The number of rotatable bonds is 7. The van der Waals surface area contributed by atoms with Gasteiger partial charge >= 0.3 is 0 Å². The Morgan fingerprint density at radius 2 is 2.00 bits per heavy atom. The highest BCUT2D eigenvalue weighted by molar-refractivity contribution is 5.97. The number of primary amides is 1. The molecule has 8 heteroatoms. The fourth-order valence-corrected chi connectivity index (χ4v) is 4.02. The third-order valence-corrected chi connectivity index (χ3v) is 5.45. The first kappa shape index (κ1) is 19.8. The Morgan fingerprint density at radius 1 is 1.22 bits per heavy atom. The van der Waals surface area contributed by atoms with E-state index in [1.807, 2.05) is 6.92 Å². The van der Waals surface area contributed by atoms with Crippen LogP contribution in [0.4, 0.5) is 11.8 Å².